The Morgan fingerprint density at radius 2 is 1.68 bits per heavy atom. The molecule has 0 aliphatic carbocycles. The maximum atomic E-state index is 12.5. The Morgan fingerprint density at radius 1 is 1.12 bits per heavy atom. The molecule has 1 fully saturated rings. The first-order valence-electron chi connectivity index (χ1n) is 7.62. The highest BCUT2D eigenvalue weighted by Crippen LogP contribution is 2.45. The first-order chi connectivity index (χ1) is 10.6. The second-order valence-electron chi connectivity index (χ2n) is 6.80. The number of hydrogen-bond acceptors (Lipinski definition) is 4. The second kappa shape index (κ2) is 9.16. The van der Waals surface area contributed by atoms with Gasteiger partial charge >= 0.3 is 6.36 Å². The van der Waals surface area contributed by atoms with E-state index in [0.29, 0.717) is 5.56 Å². The lowest BCUT2D eigenvalue weighted by molar-refractivity contribution is -0.275. The zero-order chi connectivity index (χ0) is 17.3. The van der Waals surface area contributed by atoms with E-state index in [1.807, 2.05) is 20.8 Å². The van der Waals surface area contributed by atoms with E-state index in [0.717, 1.165) is 32.2 Å². The zero-order valence-electron chi connectivity index (χ0n) is 14.4. The molecule has 4 nitrogen and oxygen atoms in total. The first-order valence-corrected chi connectivity index (χ1v) is 7.62. The molecule has 2 rings (SSSR count). The third kappa shape index (κ3) is 6.40. The van der Waals surface area contributed by atoms with Gasteiger partial charge in [-0.2, -0.15) is 0 Å². The van der Waals surface area contributed by atoms with Gasteiger partial charge in [0.1, 0.15) is 0 Å². The number of ether oxygens (including phenoxy) is 1. The van der Waals surface area contributed by atoms with E-state index in [1.165, 1.54) is 6.07 Å². The zero-order valence-corrected chi connectivity index (χ0v) is 16.0. The molecule has 0 radical (unpaired) electrons. The minimum atomic E-state index is -4.83. The number of halogens is 5. The Labute approximate surface area is 158 Å². The summed E-state index contributed by atoms with van der Waals surface area (Å²) in [5.41, 5.74) is 0.201. The summed E-state index contributed by atoms with van der Waals surface area (Å²) in [4.78, 5) is 2.18. The van der Waals surface area contributed by atoms with Crippen LogP contribution in [0.3, 0.4) is 0 Å². The van der Waals surface area contributed by atoms with E-state index in [-0.39, 0.29) is 36.3 Å². The Balaban J connectivity index is 0.00000288. The molecule has 25 heavy (non-hydrogen) atoms. The molecular weight excluding hydrogens is 380 g/mol. The average molecular weight is 405 g/mol. The SMILES string of the molecule is CC(C)(C)[C@H](c1cccc(OC(F)(F)F)c1O)N1CCNCC1.Cl.Cl. The fourth-order valence-electron chi connectivity index (χ4n) is 3.12. The van der Waals surface area contributed by atoms with E-state index < -0.39 is 17.9 Å². The van der Waals surface area contributed by atoms with Crippen molar-refractivity contribution in [1.82, 2.24) is 10.2 Å². The molecule has 0 unspecified atom stereocenters. The number of aromatic hydroxyl groups is 1. The normalized spacial score (nSPS) is 17.2. The fourth-order valence-corrected chi connectivity index (χ4v) is 3.12. The number of hydrogen-bond donors (Lipinski definition) is 2. The lowest BCUT2D eigenvalue weighted by Crippen LogP contribution is -2.48. The molecular formula is C16H25Cl2F3N2O2. The minimum absolute atomic E-state index is 0. The summed E-state index contributed by atoms with van der Waals surface area (Å²) < 4.78 is 41.4. The van der Waals surface area contributed by atoms with Gasteiger partial charge in [-0.3, -0.25) is 4.90 Å². The number of phenolic OH excluding ortho intramolecular Hbond substituents is 1. The van der Waals surface area contributed by atoms with Crippen molar-refractivity contribution >= 4 is 24.8 Å². The maximum absolute atomic E-state index is 12.5. The highest BCUT2D eigenvalue weighted by atomic mass is 35.5. The van der Waals surface area contributed by atoms with Gasteiger partial charge in [-0.25, -0.2) is 0 Å². The molecule has 1 heterocycles. The topological polar surface area (TPSA) is 44.7 Å². The van der Waals surface area contributed by atoms with Crippen LogP contribution in [0.25, 0.3) is 0 Å². The van der Waals surface area contributed by atoms with E-state index in [2.05, 4.69) is 15.0 Å². The van der Waals surface area contributed by atoms with Crippen LogP contribution in [0.5, 0.6) is 11.5 Å². The molecule has 0 spiro atoms. The van der Waals surface area contributed by atoms with Crippen LogP contribution in [0.4, 0.5) is 13.2 Å². The first kappa shape index (κ1) is 24.1. The monoisotopic (exact) mass is 404 g/mol. The highest BCUT2D eigenvalue weighted by Gasteiger charge is 2.37. The summed E-state index contributed by atoms with van der Waals surface area (Å²) in [6.45, 7) is 9.19. The van der Waals surface area contributed by atoms with Crippen molar-refractivity contribution in [3.05, 3.63) is 23.8 Å². The summed E-state index contributed by atoms with van der Waals surface area (Å²) in [5, 5.41) is 13.6. The summed E-state index contributed by atoms with van der Waals surface area (Å²) in [6.07, 6.45) is -4.83. The lowest BCUT2D eigenvalue weighted by Gasteiger charge is -2.42. The van der Waals surface area contributed by atoms with Crippen LogP contribution in [-0.4, -0.2) is 42.5 Å². The van der Waals surface area contributed by atoms with Gasteiger partial charge in [-0.05, 0) is 11.5 Å². The lowest BCUT2D eigenvalue weighted by atomic mass is 9.80. The number of rotatable bonds is 3. The van der Waals surface area contributed by atoms with Crippen LogP contribution in [0, 0.1) is 5.41 Å². The van der Waals surface area contributed by atoms with E-state index in [9.17, 15) is 18.3 Å². The van der Waals surface area contributed by atoms with E-state index in [4.69, 9.17) is 0 Å². The molecule has 0 aromatic heterocycles. The average Bonchev–Trinajstić information content (AvgIpc) is 2.41. The van der Waals surface area contributed by atoms with Crippen molar-refractivity contribution in [2.24, 2.45) is 5.41 Å². The van der Waals surface area contributed by atoms with Crippen LogP contribution < -0.4 is 10.1 Å². The Kier molecular flexibility index (Phi) is 8.84. The number of alkyl halides is 3. The largest absolute Gasteiger partial charge is 0.573 e. The van der Waals surface area contributed by atoms with Gasteiger partial charge in [0, 0.05) is 37.8 Å². The smallest absolute Gasteiger partial charge is 0.504 e. The molecule has 1 saturated heterocycles. The van der Waals surface area contributed by atoms with Crippen LogP contribution >= 0.6 is 24.8 Å². The molecule has 1 aliphatic heterocycles. The highest BCUT2D eigenvalue weighted by molar-refractivity contribution is 5.85. The van der Waals surface area contributed by atoms with Gasteiger partial charge in [0.25, 0.3) is 0 Å². The van der Waals surface area contributed by atoms with E-state index in [1.54, 1.807) is 6.07 Å². The van der Waals surface area contributed by atoms with Crippen LogP contribution in [0.1, 0.15) is 32.4 Å². The molecule has 0 saturated carbocycles. The van der Waals surface area contributed by atoms with Gasteiger partial charge < -0.3 is 15.2 Å². The summed E-state index contributed by atoms with van der Waals surface area (Å²) >= 11 is 0. The van der Waals surface area contributed by atoms with Gasteiger partial charge in [0.15, 0.2) is 11.5 Å². The van der Waals surface area contributed by atoms with Crippen molar-refractivity contribution in [3.8, 4) is 11.5 Å². The van der Waals surface area contributed by atoms with Crippen LogP contribution in [0.15, 0.2) is 18.2 Å². The number of nitrogens with zero attached hydrogens (tertiary/aromatic N) is 1. The fraction of sp³-hybridized carbons (Fsp3) is 0.625. The van der Waals surface area contributed by atoms with Crippen molar-refractivity contribution in [1.29, 1.82) is 0 Å². The molecule has 2 N–H and O–H groups in total. The summed E-state index contributed by atoms with van der Waals surface area (Å²) in [6, 6.07) is 4.07. The number of benzene rings is 1. The molecule has 146 valence electrons. The molecule has 1 aliphatic rings. The third-order valence-electron chi connectivity index (χ3n) is 3.89. The molecule has 1 aromatic rings. The number of phenols is 1. The Morgan fingerprint density at radius 3 is 2.16 bits per heavy atom. The molecule has 0 amide bonds. The number of piperazine rings is 1. The van der Waals surface area contributed by atoms with Crippen LogP contribution in [-0.2, 0) is 0 Å². The van der Waals surface area contributed by atoms with Crippen molar-refractivity contribution in [2.45, 2.75) is 33.2 Å². The summed E-state index contributed by atoms with van der Waals surface area (Å²) in [5.74, 6) is -0.998. The molecule has 1 aromatic carbocycles. The number of nitrogens with one attached hydrogen (secondary N) is 1. The molecule has 1 atom stereocenters. The predicted octanol–water partition coefficient (Wildman–Crippen LogP) is 4.13. The quantitative estimate of drug-likeness (QED) is 0.794. The second-order valence-corrected chi connectivity index (χ2v) is 6.80. The molecule has 9 heteroatoms. The minimum Gasteiger partial charge on any atom is -0.504 e. The summed E-state index contributed by atoms with van der Waals surface area (Å²) in [7, 11) is 0. The third-order valence-corrected chi connectivity index (χ3v) is 3.89. The Bertz CT molecular complexity index is 545. The van der Waals surface area contributed by atoms with Crippen molar-refractivity contribution in [2.75, 3.05) is 26.2 Å². The van der Waals surface area contributed by atoms with E-state index >= 15 is 0 Å². The maximum Gasteiger partial charge on any atom is 0.573 e. The number of para-hydroxylation sites is 1. The van der Waals surface area contributed by atoms with Crippen molar-refractivity contribution < 1.29 is 23.0 Å². The van der Waals surface area contributed by atoms with Gasteiger partial charge in [-0.1, -0.05) is 32.9 Å². The predicted molar refractivity (Wildman–Crippen MR) is 95.9 cm³/mol. The Hall–Kier alpha value is -0.890. The van der Waals surface area contributed by atoms with Crippen molar-refractivity contribution in [3.63, 3.8) is 0 Å². The molecule has 0 bridgehead atoms. The van der Waals surface area contributed by atoms with Gasteiger partial charge in [0.05, 0.1) is 0 Å². The van der Waals surface area contributed by atoms with Gasteiger partial charge in [-0.15, -0.1) is 38.0 Å². The van der Waals surface area contributed by atoms with Crippen LogP contribution in [0.2, 0.25) is 0 Å². The van der Waals surface area contributed by atoms with Gasteiger partial charge in [0.2, 0.25) is 0 Å². The standard InChI is InChI=1S/C16H23F3N2O2.2ClH/c1-15(2,3)14(21-9-7-20-8-10-21)11-5-4-6-12(13(11)22)23-16(17,18)19;;/h4-6,14,20,22H,7-10H2,1-3H3;2*1H/t14-;;/m0../s1.